The van der Waals surface area contributed by atoms with Gasteiger partial charge in [0.25, 0.3) is 0 Å². The molecule has 0 radical (unpaired) electrons. The van der Waals surface area contributed by atoms with Crippen LogP contribution < -0.4 is 0 Å². The first-order chi connectivity index (χ1) is 19.8. The quantitative estimate of drug-likeness (QED) is 0.165. The van der Waals surface area contributed by atoms with Crippen LogP contribution >= 0.6 is 27.5 Å². The zero-order valence-electron chi connectivity index (χ0n) is 24.6. The fourth-order valence-corrected chi connectivity index (χ4v) is 7.23. The molecule has 4 aromatic rings. The lowest BCUT2D eigenvalue weighted by atomic mass is 9.94. The monoisotopic (exact) mass is 660 g/mol. The van der Waals surface area contributed by atoms with Gasteiger partial charge in [-0.15, -0.1) is 0 Å². The number of carbonyl (C=O) groups is 1. The van der Waals surface area contributed by atoms with Crippen molar-refractivity contribution in [2.24, 2.45) is 0 Å². The van der Waals surface area contributed by atoms with Crippen LogP contribution in [0.2, 0.25) is 5.15 Å². The molecular weight excluding hydrogens is 628 g/mol. The van der Waals surface area contributed by atoms with Gasteiger partial charge < -0.3 is 28.3 Å². The molecule has 12 heteroatoms. The molecular formula is C30H34BrClN4O6. The van der Waals surface area contributed by atoms with Crippen molar-refractivity contribution < 1.29 is 28.5 Å². The molecule has 1 aliphatic carbocycles. The van der Waals surface area contributed by atoms with Crippen LogP contribution in [0.3, 0.4) is 0 Å². The third-order valence-corrected chi connectivity index (χ3v) is 8.73. The summed E-state index contributed by atoms with van der Waals surface area (Å²) in [5.74, 6) is -0.803. The number of methoxy groups -OCH3 is 2. The fraction of sp³-hybridized carbons (Fsp3) is 0.500. The highest BCUT2D eigenvalue weighted by molar-refractivity contribution is 9.10. The van der Waals surface area contributed by atoms with Crippen LogP contribution in [0.1, 0.15) is 70.5 Å². The molecule has 0 unspecified atom stereocenters. The number of halogens is 2. The number of hydrogen-bond acceptors (Lipinski definition) is 8. The second kappa shape index (κ2) is 10.6. The number of ether oxygens (including phenoxy) is 5. The molecule has 6 rings (SSSR count). The largest absolute Gasteiger partial charge is 0.443 e. The van der Waals surface area contributed by atoms with E-state index < -0.39 is 23.8 Å². The Bertz CT molecular complexity index is 1670. The van der Waals surface area contributed by atoms with E-state index in [2.05, 4.69) is 36.5 Å². The summed E-state index contributed by atoms with van der Waals surface area (Å²) in [4.78, 5) is 22.3. The molecule has 0 amide bonds. The molecule has 0 N–H and O–H groups in total. The van der Waals surface area contributed by atoms with Crippen molar-refractivity contribution >= 4 is 55.6 Å². The molecule has 1 saturated carbocycles. The number of rotatable bonds is 5. The minimum atomic E-state index is -0.767. The minimum Gasteiger partial charge on any atom is -0.443 e. The molecule has 3 aromatic heterocycles. The Hall–Kier alpha value is -2.54. The molecule has 4 atom stereocenters. The van der Waals surface area contributed by atoms with Crippen LogP contribution in [0.4, 0.5) is 4.79 Å². The van der Waals surface area contributed by atoms with Crippen LogP contribution in [0.5, 0.6) is 0 Å². The van der Waals surface area contributed by atoms with E-state index in [9.17, 15) is 4.79 Å². The molecule has 1 aliphatic heterocycles. The normalized spacial score (nSPS) is 23.8. The molecule has 2 aliphatic rings. The zero-order valence-corrected chi connectivity index (χ0v) is 26.9. The highest BCUT2D eigenvalue weighted by Crippen LogP contribution is 2.52. The van der Waals surface area contributed by atoms with Gasteiger partial charge in [-0.25, -0.2) is 19.3 Å². The summed E-state index contributed by atoms with van der Waals surface area (Å²) in [5.41, 5.74) is 2.30. The maximum atomic E-state index is 13.5. The highest BCUT2D eigenvalue weighted by Gasteiger charge is 2.55. The van der Waals surface area contributed by atoms with Crippen LogP contribution in [0.25, 0.3) is 21.9 Å². The minimum absolute atomic E-state index is 0.0363. The number of carbonyl (C=O) groups excluding carboxylic acids is 1. The van der Waals surface area contributed by atoms with Gasteiger partial charge >= 0.3 is 6.09 Å². The summed E-state index contributed by atoms with van der Waals surface area (Å²) < 4.78 is 34.4. The molecule has 42 heavy (non-hydrogen) atoms. The fourth-order valence-electron chi connectivity index (χ4n) is 6.30. The van der Waals surface area contributed by atoms with Gasteiger partial charge in [0.1, 0.15) is 28.8 Å². The van der Waals surface area contributed by atoms with Crippen molar-refractivity contribution in [3.05, 3.63) is 57.7 Å². The molecule has 1 saturated heterocycles. The molecule has 224 valence electrons. The molecule has 0 spiro atoms. The van der Waals surface area contributed by atoms with E-state index in [1.807, 2.05) is 59.0 Å². The smallest absolute Gasteiger partial charge is 0.419 e. The third kappa shape index (κ3) is 5.03. The SMILES string of the molecule is COC(OC)c1cc2ccc([C@H]3C[C@@H](n4cc(Br)c5c(Cl)ncnc54)[C@@H]4OC(C)(C)O[C@@H]43)cc2n1C(=O)OC(C)(C)C. The van der Waals surface area contributed by atoms with E-state index in [1.165, 1.54) is 25.1 Å². The van der Waals surface area contributed by atoms with Crippen molar-refractivity contribution in [1.82, 2.24) is 19.1 Å². The lowest BCUT2D eigenvalue weighted by molar-refractivity contribution is -0.157. The van der Waals surface area contributed by atoms with Gasteiger partial charge in [0, 0.05) is 36.2 Å². The van der Waals surface area contributed by atoms with E-state index >= 15 is 0 Å². The van der Waals surface area contributed by atoms with E-state index in [-0.39, 0.29) is 24.2 Å². The Morgan fingerprint density at radius 1 is 1.14 bits per heavy atom. The summed E-state index contributed by atoms with van der Waals surface area (Å²) in [5, 5.41) is 2.00. The standard InChI is InChI=1S/C30H34BrClN4O6/c1-29(2,3)42-28(37)36-19-10-15(8-9-16(19)11-21(36)27(38-6)39-7)17-12-20(24-23(17)40-30(4,5)41-24)35-13-18(31)22-25(32)33-14-34-26(22)35/h8-11,13-14,17,20,23-24,27H,12H2,1-7H3/t17-,20-,23-,24+/m1/s1. The van der Waals surface area contributed by atoms with Crippen LogP contribution in [-0.2, 0) is 23.7 Å². The summed E-state index contributed by atoms with van der Waals surface area (Å²) in [6, 6.07) is 7.94. The highest BCUT2D eigenvalue weighted by atomic mass is 79.9. The predicted molar refractivity (Wildman–Crippen MR) is 161 cm³/mol. The van der Waals surface area contributed by atoms with E-state index in [4.69, 9.17) is 35.3 Å². The van der Waals surface area contributed by atoms with Gasteiger partial charge in [-0.2, -0.15) is 0 Å². The molecule has 0 bridgehead atoms. The average Bonchev–Trinajstić information content (AvgIpc) is 3.62. The Morgan fingerprint density at radius 3 is 2.55 bits per heavy atom. The molecule has 10 nitrogen and oxygen atoms in total. The second-order valence-electron chi connectivity index (χ2n) is 12.2. The van der Waals surface area contributed by atoms with Gasteiger partial charge in [-0.1, -0.05) is 23.7 Å². The molecule has 4 heterocycles. The number of aromatic nitrogens is 4. The zero-order chi connectivity index (χ0) is 30.1. The number of nitrogens with zero attached hydrogens (tertiary/aromatic N) is 4. The van der Waals surface area contributed by atoms with Crippen molar-refractivity contribution in [3.63, 3.8) is 0 Å². The van der Waals surface area contributed by atoms with Crippen molar-refractivity contribution in [1.29, 1.82) is 0 Å². The summed E-state index contributed by atoms with van der Waals surface area (Å²) in [7, 11) is 3.08. The first-order valence-corrected chi connectivity index (χ1v) is 15.0. The Kier molecular flexibility index (Phi) is 7.43. The Morgan fingerprint density at radius 2 is 1.86 bits per heavy atom. The van der Waals surface area contributed by atoms with Gasteiger partial charge in [-0.05, 0) is 74.7 Å². The van der Waals surface area contributed by atoms with E-state index in [0.717, 1.165) is 26.5 Å². The summed E-state index contributed by atoms with van der Waals surface area (Å²) in [6.45, 7) is 9.38. The Balaban J connectivity index is 1.46. The van der Waals surface area contributed by atoms with E-state index in [0.29, 0.717) is 22.8 Å². The molecule has 2 fully saturated rings. The van der Waals surface area contributed by atoms with Crippen LogP contribution in [-0.4, -0.2) is 63.0 Å². The van der Waals surface area contributed by atoms with Gasteiger partial charge in [0.15, 0.2) is 12.1 Å². The van der Waals surface area contributed by atoms with Crippen LogP contribution in [0, 0.1) is 0 Å². The van der Waals surface area contributed by atoms with Crippen molar-refractivity contribution in [2.75, 3.05) is 14.2 Å². The lowest BCUT2D eigenvalue weighted by Crippen LogP contribution is -2.29. The van der Waals surface area contributed by atoms with Crippen molar-refractivity contribution in [2.45, 2.75) is 82.9 Å². The number of fused-ring (bicyclic) bond motifs is 3. The first-order valence-electron chi connectivity index (χ1n) is 13.8. The maximum absolute atomic E-state index is 13.5. The summed E-state index contributed by atoms with van der Waals surface area (Å²) >= 11 is 10.1. The van der Waals surface area contributed by atoms with Crippen molar-refractivity contribution in [3.8, 4) is 0 Å². The maximum Gasteiger partial charge on any atom is 0.419 e. The second-order valence-corrected chi connectivity index (χ2v) is 13.4. The average molecular weight is 662 g/mol. The summed E-state index contributed by atoms with van der Waals surface area (Å²) in [6.07, 6.45) is 2.44. The van der Waals surface area contributed by atoms with Gasteiger partial charge in [0.05, 0.1) is 28.7 Å². The van der Waals surface area contributed by atoms with E-state index in [1.54, 1.807) is 0 Å². The van der Waals surface area contributed by atoms with Gasteiger partial charge in [0.2, 0.25) is 0 Å². The first kappa shape index (κ1) is 29.5. The third-order valence-electron chi connectivity index (χ3n) is 7.84. The molecule has 1 aromatic carbocycles. The number of benzene rings is 1. The van der Waals surface area contributed by atoms with Gasteiger partial charge in [-0.3, -0.25) is 0 Å². The topological polar surface area (TPSA) is 98.9 Å². The van der Waals surface area contributed by atoms with Crippen LogP contribution in [0.15, 0.2) is 41.3 Å². The Labute approximate surface area is 257 Å². The lowest BCUT2D eigenvalue weighted by Gasteiger charge is -2.25. The predicted octanol–water partition coefficient (Wildman–Crippen LogP) is 7.13. The number of hydrogen-bond donors (Lipinski definition) is 0.